The quantitative estimate of drug-likeness (QED) is 0.496. The zero-order chi connectivity index (χ0) is 16.8. The maximum absolute atomic E-state index is 12.0. The molecule has 2 rings (SSSR count). The van der Waals surface area contributed by atoms with Crippen molar-refractivity contribution in [3.63, 3.8) is 0 Å². The number of carbonyl (C=O) groups excluding carboxylic acids is 1. The third-order valence-corrected chi connectivity index (χ3v) is 4.07. The molecule has 1 N–H and O–H groups in total. The van der Waals surface area contributed by atoms with Gasteiger partial charge in [-0.2, -0.15) is 0 Å². The monoisotopic (exact) mass is 332 g/mol. The fourth-order valence-electron chi connectivity index (χ4n) is 1.91. The maximum Gasteiger partial charge on any atom is 0.293 e. The Morgan fingerprint density at radius 2 is 1.96 bits per heavy atom. The Kier molecular flexibility index (Phi) is 5.59. The van der Waals surface area contributed by atoms with Gasteiger partial charge in [-0.3, -0.25) is 14.9 Å². The Labute approximate surface area is 138 Å². The van der Waals surface area contributed by atoms with Crippen LogP contribution in [0.15, 0.2) is 47.4 Å². The second kappa shape index (κ2) is 7.64. The second-order valence-corrected chi connectivity index (χ2v) is 5.84. The summed E-state index contributed by atoms with van der Waals surface area (Å²) in [5, 5.41) is 13.6. The molecule has 0 unspecified atom stereocenters. The highest BCUT2D eigenvalue weighted by Crippen LogP contribution is 2.26. The standard InChI is InChI=1S/C16H16N2O4S/c1-11-3-8-14(15(9-11)18(20)21)17-16(19)10-23-13-6-4-12(22-2)5-7-13/h3-9H,10H2,1-2H3,(H,17,19). The number of carbonyl (C=O) groups is 1. The highest BCUT2D eigenvalue weighted by Gasteiger charge is 2.16. The van der Waals surface area contributed by atoms with E-state index in [1.165, 1.54) is 17.8 Å². The van der Waals surface area contributed by atoms with Gasteiger partial charge in [0, 0.05) is 11.0 Å². The molecule has 7 heteroatoms. The molecule has 1 amide bonds. The first-order valence-corrected chi connectivity index (χ1v) is 7.80. The van der Waals surface area contributed by atoms with Crippen LogP contribution in [0.3, 0.4) is 0 Å². The average molecular weight is 332 g/mol. The topological polar surface area (TPSA) is 81.5 Å². The van der Waals surface area contributed by atoms with Crippen LogP contribution in [0.1, 0.15) is 5.56 Å². The number of ether oxygens (including phenoxy) is 1. The second-order valence-electron chi connectivity index (χ2n) is 4.79. The molecule has 0 aliphatic carbocycles. The first kappa shape index (κ1) is 16.8. The van der Waals surface area contributed by atoms with Gasteiger partial charge in [-0.05, 0) is 42.8 Å². The Hall–Kier alpha value is -2.54. The molecule has 0 aliphatic heterocycles. The molecule has 0 saturated carbocycles. The van der Waals surface area contributed by atoms with Crippen LogP contribution in [0.2, 0.25) is 0 Å². The Morgan fingerprint density at radius 1 is 1.26 bits per heavy atom. The van der Waals surface area contributed by atoms with Gasteiger partial charge in [0.2, 0.25) is 5.91 Å². The van der Waals surface area contributed by atoms with E-state index in [2.05, 4.69) is 5.32 Å². The van der Waals surface area contributed by atoms with Crippen molar-refractivity contribution in [2.45, 2.75) is 11.8 Å². The number of hydrogen-bond donors (Lipinski definition) is 1. The lowest BCUT2D eigenvalue weighted by molar-refractivity contribution is -0.384. The number of aryl methyl sites for hydroxylation is 1. The van der Waals surface area contributed by atoms with E-state index >= 15 is 0 Å². The maximum atomic E-state index is 12.0. The van der Waals surface area contributed by atoms with Crippen LogP contribution in [0.5, 0.6) is 5.75 Å². The number of amides is 1. The number of nitrogens with one attached hydrogen (secondary N) is 1. The van der Waals surface area contributed by atoms with Crippen molar-refractivity contribution in [2.75, 3.05) is 18.2 Å². The van der Waals surface area contributed by atoms with Gasteiger partial charge in [0.05, 0.1) is 17.8 Å². The minimum absolute atomic E-state index is 0.104. The third-order valence-electron chi connectivity index (χ3n) is 3.05. The predicted molar refractivity (Wildman–Crippen MR) is 90.2 cm³/mol. The molecule has 6 nitrogen and oxygen atoms in total. The summed E-state index contributed by atoms with van der Waals surface area (Å²) >= 11 is 1.35. The third kappa shape index (κ3) is 4.72. The number of nitro benzene ring substituents is 1. The Morgan fingerprint density at radius 3 is 2.57 bits per heavy atom. The molecule has 2 aromatic rings. The summed E-state index contributed by atoms with van der Waals surface area (Å²) in [4.78, 5) is 23.4. The van der Waals surface area contributed by atoms with E-state index in [1.807, 2.05) is 24.3 Å². The minimum atomic E-state index is -0.501. The summed E-state index contributed by atoms with van der Waals surface area (Å²) in [5.74, 6) is 0.615. The molecule has 2 aromatic carbocycles. The Balaban J connectivity index is 1.98. The van der Waals surface area contributed by atoms with Gasteiger partial charge in [-0.25, -0.2) is 0 Å². The lowest BCUT2D eigenvalue weighted by Crippen LogP contribution is -2.15. The number of benzene rings is 2. The van der Waals surface area contributed by atoms with Crippen molar-refractivity contribution in [3.8, 4) is 5.75 Å². The zero-order valence-electron chi connectivity index (χ0n) is 12.7. The van der Waals surface area contributed by atoms with E-state index in [1.54, 1.807) is 26.2 Å². The average Bonchev–Trinajstić information content (AvgIpc) is 2.55. The molecule has 0 radical (unpaired) electrons. The van der Waals surface area contributed by atoms with E-state index in [-0.39, 0.29) is 23.0 Å². The molecule has 120 valence electrons. The molecule has 0 aromatic heterocycles. The van der Waals surface area contributed by atoms with Crippen LogP contribution in [-0.4, -0.2) is 23.7 Å². The molecule has 0 bridgehead atoms. The van der Waals surface area contributed by atoms with Gasteiger partial charge in [-0.15, -0.1) is 11.8 Å². The fraction of sp³-hybridized carbons (Fsp3) is 0.188. The van der Waals surface area contributed by atoms with Gasteiger partial charge < -0.3 is 10.1 Å². The van der Waals surface area contributed by atoms with Crippen LogP contribution >= 0.6 is 11.8 Å². The molecule has 0 aliphatic rings. The molecule has 0 fully saturated rings. The van der Waals surface area contributed by atoms with E-state index in [4.69, 9.17) is 4.74 Å². The van der Waals surface area contributed by atoms with Crippen molar-refractivity contribution in [2.24, 2.45) is 0 Å². The van der Waals surface area contributed by atoms with Crippen LogP contribution in [0.4, 0.5) is 11.4 Å². The van der Waals surface area contributed by atoms with Crippen LogP contribution < -0.4 is 10.1 Å². The van der Waals surface area contributed by atoms with Crippen LogP contribution in [-0.2, 0) is 4.79 Å². The largest absolute Gasteiger partial charge is 0.497 e. The van der Waals surface area contributed by atoms with E-state index < -0.39 is 4.92 Å². The molecule has 0 saturated heterocycles. The molecule has 23 heavy (non-hydrogen) atoms. The predicted octanol–water partition coefficient (Wildman–Crippen LogP) is 3.64. The van der Waals surface area contributed by atoms with E-state index in [9.17, 15) is 14.9 Å². The number of hydrogen-bond acceptors (Lipinski definition) is 5. The van der Waals surface area contributed by atoms with Crippen molar-refractivity contribution < 1.29 is 14.5 Å². The van der Waals surface area contributed by atoms with Gasteiger partial charge in [0.15, 0.2) is 0 Å². The first-order chi connectivity index (χ1) is 11.0. The lowest BCUT2D eigenvalue weighted by Gasteiger charge is -2.07. The van der Waals surface area contributed by atoms with Crippen molar-refractivity contribution in [1.29, 1.82) is 0 Å². The summed E-state index contributed by atoms with van der Waals surface area (Å²) in [6, 6.07) is 12.0. The summed E-state index contributed by atoms with van der Waals surface area (Å²) in [5.41, 5.74) is 0.871. The summed E-state index contributed by atoms with van der Waals surface area (Å²) in [7, 11) is 1.59. The zero-order valence-corrected chi connectivity index (χ0v) is 13.6. The normalized spacial score (nSPS) is 10.2. The Bertz CT molecular complexity index is 717. The van der Waals surface area contributed by atoms with Crippen molar-refractivity contribution >= 4 is 29.0 Å². The molecular formula is C16H16N2O4S. The fourth-order valence-corrected chi connectivity index (χ4v) is 2.60. The summed E-state index contributed by atoms with van der Waals surface area (Å²) in [6.45, 7) is 1.76. The van der Waals surface area contributed by atoms with Gasteiger partial charge in [0.25, 0.3) is 5.69 Å². The highest BCUT2D eigenvalue weighted by molar-refractivity contribution is 8.00. The molecule has 0 atom stereocenters. The van der Waals surface area contributed by atoms with Crippen molar-refractivity contribution in [1.82, 2.24) is 0 Å². The van der Waals surface area contributed by atoms with E-state index in [0.717, 1.165) is 16.2 Å². The first-order valence-electron chi connectivity index (χ1n) is 6.81. The highest BCUT2D eigenvalue weighted by atomic mass is 32.2. The number of thioether (sulfide) groups is 1. The number of nitro groups is 1. The van der Waals surface area contributed by atoms with Crippen molar-refractivity contribution in [3.05, 3.63) is 58.1 Å². The van der Waals surface area contributed by atoms with Crippen LogP contribution in [0, 0.1) is 17.0 Å². The van der Waals surface area contributed by atoms with Gasteiger partial charge in [0.1, 0.15) is 11.4 Å². The SMILES string of the molecule is COc1ccc(SCC(=O)Nc2ccc(C)cc2[N+](=O)[O-])cc1. The number of anilines is 1. The lowest BCUT2D eigenvalue weighted by atomic mass is 10.2. The summed E-state index contributed by atoms with van der Waals surface area (Å²) in [6.07, 6.45) is 0. The van der Waals surface area contributed by atoms with Gasteiger partial charge >= 0.3 is 0 Å². The minimum Gasteiger partial charge on any atom is -0.497 e. The molecule has 0 spiro atoms. The van der Waals surface area contributed by atoms with Gasteiger partial charge in [-0.1, -0.05) is 6.07 Å². The van der Waals surface area contributed by atoms with E-state index in [0.29, 0.717) is 0 Å². The molecular weight excluding hydrogens is 316 g/mol. The van der Waals surface area contributed by atoms with Crippen LogP contribution in [0.25, 0.3) is 0 Å². The number of nitrogens with zero attached hydrogens (tertiary/aromatic N) is 1. The molecule has 0 heterocycles. The summed E-state index contributed by atoms with van der Waals surface area (Å²) < 4.78 is 5.07. The number of methoxy groups -OCH3 is 1. The number of rotatable bonds is 6. The smallest absolute Gasteiger partial charge is 0.293 e.